The molecule has 5 nitrogen and oxygen atoms in total. The van der Waals surface area contributed by atoms with Gasteiger partial charge in [-0.1, -0.05) is 11.6 Å². The molecule has 2 aromatic heterocycles. The monoisotopic (exact) mass is 307 g/mol. The first kappa shape index (κ1) is 14.6. The molecular weight excluding hydrogens is 286 g/mol. The lowest BCUT2D eigenvalue weighted by Gasteiger charge is -2.11. The van der Waals surface area contributed by atoms with Crippen LogP contribution in [0.25, 0.3) is 0 Å². The van der Waals surface area contributed by atoms with Crippen LogP contribution < -0.4 is 5.32 Å². The molecular formula is C15H22ClN5. The van der Waals surface area contributed by atoms with Crippen molar-refractivity contribution >= 4 is 11.6 Å². The Kier molecular flexibility index (Phi) is 4.31. The van der Waals surface area contributed by atoms with Crippen molar-refractivity contribution in [3.63, 3.8) is 0 Å². The molecule has 2 aromatic rings. The minimum Gasteiger partial charge on any atom is -0.335 e. The number of hydrogen-bond acceptors (Lipinski definition) is 3. The normalized spacial score (nSPS) is 14.4. The Morgan fingerprint density at radius 3 is 2.95 bits per heavy atom. The van der Waals surface area contributed by atoms with Crippen LogP contribution in [0.3, 0.4) is 0 Å². The van der Waals surface area contributed by atoms with Crippen LogP contribution in [0, 0.1) is 6.92 Å². The Morgan fingerprint density at radius 2 is 2.24 bits per heavy atom. The summed E-state index contributed by atoms with van der Waals surface area (Å²) >= 11 is 6.22. The molecule has 114 valence electrons. The van der Waals surface area contributed by atoms with E-state index < -0.39 is 0 Å². The van der Waals surface area contributed by atoms with Crippen molar-refractivity contribution < 1.29 is 0 Å². The first-order valence-corrected chi connectivity index (χ1v) is 7.96. The minimum absolute atomic E-state index is 0.720. The second-order valence-corrected chi connectivity index (χ2v) is 6.06. The number of aryl methyl sites for hydroxylation is 4. The van der Waals surface area contributed by atoms with Crippen molar-refractivity contribution in [2.45, 2.75) is 45.7 Å². The molecule has 0 fully saturated rings. The maximum Gasteiger partial charge on any atom is 0.131 e. The van der Waals surface area contributed by atoms with Gasteiger partial charge in [-0.05, 0) is 19.8 Å². The largest absolute Gasteiger partial charge is 0.335 e. The number of aromatic nitrogens is 4. The van der Waals surface area contributed by atoms with Crippen LogP contribution in [0.1, 0.15) is 35.6 Å². The summed E-state index contributed by atoms with van der Waals surface area (Å²) in [7, 11) is 1.87. The highest BCUT2D eigenvalue weighted by Crippen LogP contribution is 2.18. The van der Waals surface area contributed by atoms with E-state index in [0.29, 0.717) is 0 Å². The van der Waals surface area contributed by atoms with Gasteiger partial charge in [0.05, 0.1) is 11.4 Å². The van der Waals surface area contributed by atoms with Gasteiger partial charge in [-0.15, -0.1) is 0 Å². The molecule has 1 aliphatic heterocycles. The number of hydrogen-bond donors (Lipinski definition) is 1. The maximum atomic E-state index is 6.22. The minimum atomic E-state index is 0.720. The third-order valence-electron chi connectivity index (χ3n) is 4.09. The van der Waals surface area contributed by atoms with Crippen molar-refractivity contribution in [2.75, 3.05) is 6.54 Å². The van der Waals surface area contributed by atoms with Crippen molar-refractivity contribution in [1.29, 1.82) is 0 Å². The Balaban J connectivity index is 1.51. The molecule has 1 N–H and O–H groups in total. The summed E-state index contributed by atoms with van der Waals surface area (Å²) in [5, 5.41) is 8.48. The van der Waals surface area contributed by atoms with E-state index in [0.717, 1.165) is 48.9 Å². The van der Waals surface area contributed by atoms with Gasteiger partial charge in [0, 0.05) is 51.3 Å². The molecule has 0 amide bonds. The molecule has 21 heavy (non-hydrogen) atoms. The second kappa shape index (κ2) is 6.20. The zero-order valence-electron chi connectivity index (χ0n) is 12.7. The molecule has 0 atom stereocenters. The molecule has 0 spiro atoms. The number of rotatable bonds is 5. The molecule has 1 aliphatic rings. The lowest BCUT2D eigenvalue weighted by Crippen LogP contribution is -2.17. The average molecular weight is 308 g/mol. The third kappa shape index (κ3) is 3.14. The van der Waals surface area contributed by atoms with E-state index >= 15 is 0 Å². The molecule has 3 rings (SSSR count). The van der Waals surface area contributed by atoms with Crippen LogP contribution in [0.5, 0.6) is 0 Å². The van der Waals surface area contributed by atoms with E-state index in [-0.39, 0.29) is 0 Å². The van der Waals surface area contributed by atoms with Crippen LogP contribution in [0.15, 0.2) is 6.20 Å². The number of nitrogens with zero attached hydrogens (tertiary/aromatic N) is 4. The van der Waals surface area contributed by atoms with Gasteiger partial charge in [-0.25, -0.2) is 4.98 Å². The fraction of sp³-hybridized carbons (Fsp3) is 0.600. The van der Waals surface area contributed by atoms with Gasteiger partial charge in [0.25, 0.3) is 0 Å². The van der Waals surface area contributed by atoms with Crippen molar-refractivity contribution in [3.05, 3.63) is 34.1 Å². The highest BCUT2D eigenvalue weighted by molar-refractivity contribution is 6.30. The molecule has 0 saturated carbocycles. The summed E-state index contributed by atoms with van der Waals surface area (Å²) in [6.45, 7) is 4.78. The Labute approximate surface area is 130 Å². The van der Waals surface area contributed by atoms with Gasteiger partial charge < -0.3 is 9.88 Å². The van der Waals surface area contributed by atoms with E-state index in [1.165, 1.54) is 24.4 Å². The Hall–Kier alpha value is -1.33. The van der Waals surface area contributed by atoms with Crippen molar-refractivity contribution in [1.82, 2.24) is 24.6 Å². The predicted octanol–water partition coefficient (Wildman–Crippen LogP) is 2.25. The fourth-order valence-electron chi connectivity index (χ4n) is 2.90. The molecule has 0 saturated heterocycles. The summed E-state index contributed by atoms with van der Waals surface area (Å²) in [6, 6.07) is 0. The van der Waals surface area contributed by atoms with Crippen LogP contribution in [0.2, 0.25) is 5.15 Å². The Bertz CT molecular complexity index is 605. The molecule has 0 aliphatic carbocycles. The fourth-order valence-corrected chi connectivity index (χ4v) is 3.14. The number of fused-ring (bicyclic) bond motifs is 1. The lowest BCUT2D eigenvalue weighted by atomic mass is 10.2. The summed E-state index contributed by atoms with van der Waals surface area (Å²) in [6.07, 6.45) is 6.83. The van der Waals surface area contributed by atoms with E-state index in [1.54, 1.807) is 4.68 Å². The number of imidazole rings is 1. The topological polar surface area (TPSA) is 47.7 Å². The van der Waals surface area contributed by atoms with E-state index in [2.05, 4.69) is 21.2 Å². The highest BCUT2D eigenvalue weighted by atomic mass is 35.5. The highest BCUT2D eigenvalue weighted by Gasteiger charge is 2.13. The Morgan fingerprint density at radius 1 is 1.38 bits per heavy atom. The van der Waals surface area contributed by atoms with Gasteiger partial charge in [0.1, 0.15) is 11.0 Å². The average Bonchev–Trinajstić information content (AvgIpc) is 2.98. The first-order valence-electron chi connectivity index (χ1n) is 7.59. The molecule has 0 bridgehead atoms. The van der Waals surface area contributed by atoms with Crippen LogP contribution in [0.4, 0.5) is 0 Å². The summed E-state index contributed by atoms with van der Waals surface area (Å²) in [5.74, 6) is 1.25. The van der Waals surface area contributed by atoms with Gasteiger partial charge in [-0.2, -0.15) is 5.10 Å². The zero-order valence-corrected chi connectivity index (χ0v) is 13.4. The summed E-state index contributed by atoms with van der Waals surface area (Å²) in [4.78, 5) is 4.71. The first-order chi connectivity index (χ1) is 10.1. The van der Waals surface area contributed by atoms with Gasteiger partial charge in [0.15, 0.2) is 0 Å². The molecule has 3 heterocycles. The lowest BCUT2D eigenvalue weighted by molar-refractivity contribution is 0.522. The van der Waals surface area contributed by atoms with Crippen molar-refractivity contribution in [3.8, 4) is 0 Å². The molecule has 6 heteroatoms. The number of halogens is 1. The zero-order chi connectivity index (χ0) is 14.8. The third-order valence-corrected chi connectivity index (χ3v) is 4.56. The maximum absolute atomic E-state index is 6.22. The van der Waals surface area contributed by atoms with E-state index in [1.807, 2.05) is 14.0 Å². The van der Waals surface area contributed by atoms with Crippen LogP contribution in [-0.2, 0) is 33.0 Å². The molecule has 0 unspecified atom stereocenters. The van der Waals surface area contributed by atoms with Crippen LogP contribution in [-0.4, -0.2) is 25.9 Å². The van der Waals surface area contributed by atoms with Crippen molar-refractivity contribution in [2.24, 2.45) is 7.05 Å². The SMILES string of the molecule is Cc1nn(C)c(Cl)c1CNCCc1cn2c(n1)CCCC2. The van der Waals surface area contributed by atoms with E-state index in [9.17, 15) is 0 Å². The quantitative estimate of drug-likeness (QED) is 0.862. The van der Waals surface area contributed by atoms with E-state index in [4.69, 9.17) is 16.6 Å². The summed E-state index contributed by atoms with van der Waals surface area (Å²) < 4.78 is 4.03. The summed E-state index contributed by atoms with van der Waals surface area (Å²) in [5.41, 5.74) is 3.27. The smallest absolute Gasteiger partial charge is 0.131 e. The van der Waals surface area contributed by atoms with Gasteiger partial charge in [0.2, 0.25) is 0 Å². The van der Waals surface area contributed by atoms with Gasteiger partial charge in [-0.3, -0.25) is 4.68 Å². The molecule has 0 radical (unpaired) electrons. The number of nitrogens with one attached hydrogen (secondary N) is 1. The second-order valence-electron chi connectivity index (χ2n) is 5.70. The standard InChI is InChI=1S/C15H22ClN5/c1-11-13(15(16)20(2)19-11)9-17-7-6-12-10-21-8-4-3-5-14(21)18-12/h10,17H,3-9H2,1-2H3. The predicted molar refractivity (Wildman–Crippen MR) is 83.5 cm³/mol. The van der Waals surface area contributed by atoms with Gasteiger partial charge >= 0.3 is 0 Å². The van der Waals surface area contributed by atoms with Crippen LogP contribution >= 0.6 is 11.6 Å². The molecule has 0 aromatic carbocycles.